The summed E-state index contributed by atoms with van der Waals surface area (Å²) in [6, 6.07) is 18.7. The molecule has 0 aliphatic carbocycles. The molecule has 0 saturated heterocycles. The summed E-state index contributed by atoms with van der Waals surface area (Å²) in [5, 5.41) is 0. The van der Waals surface area contributed by atoms with Gasteiger partial charge in [-0.05, 0) is 31.9 Å². The van der Waals surface area contributed by atoms with E-state index < -0.39 is 0 Å². The van der Waals surface area contributed by atoms with Gasteiger partial charge in [-0.1, -0.05) is 60.2 Å². The molecule has 2 aromatic carbocycles. The SMILES string of the molecule is CC(=O)N(C(C)c1ccccc1)C(C)c1ccc(C)cc1. The van der Waals surface area contributed by atoms with E-state index in [1.54, 1.807) is 6.92 Å². The molecule has 2 atom stereocenters. The predicted molar refractivity (Wildman–Crippen MR) is 87.0 cm³/mol. The van der Waals surface area contributed by atoms with Crippen molar-refractivity contribution >= 4 is 5.91 Å². The standard InChI is InChI=1S/C19H23NO/c1-14-10-12-19(13-11-14)16(3)20(17(4)21)15(2)18-8-6-5-7-9-18/h5-13,15-16H,1-4H3. The lowest BCUT2D eigenvalue weighted by molar-refractivity contribution is -0.133. The summed E-state index contributed by atoms with van der Waals surface area (Å²) in [6.07, 6.45) is 0. The number of hydrogen-bond acceptors (Lipinski definition) is 1. The van der Waals surface area contributed by atoms with Crippen LogP contribution in [-0.2, 0) is 4.79 Å². The van der Waals surface area contributed by atoms with Crippen molar-refractivity contribution in [2.75, 3.05) is 0 Å². The molecule has 0 aliphatic heterocycles. The summed E-state index contributed by atoms with van der Waals surface area (Å²) in [4.78, 5) is 14.1. The number of rotatable bonds is 4. The van der Waals surface area contributed by atoms with Crippen LogP contribution in [0, 0.1) is 6.92 Å². The largest absolute Gasteiger partial charge is 0.329 e. The quantitative estimate of drug-likeness (QED) is 0.797. The fourth-order valence-electron chi connectivity index (χ4n) is 2.78. The molecule has 0 bridgehead atoms. The van der Waals surface area contributed by atoms with Crippen LogP contribution in [0.1, 0.15) is 49.5 Å². The van der Waals surface area contributed by atoms with Crippen LogP contribution in [0.15, 0.2) is 54.6 Å². The Morgan fingerprint density at radius 3 is 1.81 bits per heavy atom. The van der Waals surface area contributed by atoms with Gasteiger partial charge in [0.1, 0.15) is 0 Å². The molecule has 21 heavy (non-hydrogen) atoms. The number of benzene rings is 2. The van der Waals surface area contributed by atoms with Crippen LogP contribution in [0.25, 0.3) is 0 Å². The minimum Gasteiger partial charge on any atom is -0.329 e. The summed E-state index contributed by atoms with van der Waals surface area (Å²) < 4.78 is 0. The predicted octanol–water partition coefficient (Wildman–Crippen LogP) is 4.67. The van der Waals surface area contributed by atoms with Crippen LogP contribution in [-0.4, -0.2) is 10.8 Å². The van der Waals surface area contributed by atoms with Crippen molar-refractivity contribution in [3.8, 4) is 0 Å². The van der Waals surface area contributed by atoms with Crippen molar-refractivity contribution in [3.63, 3.8) is 0 Å². The molecule has 110 valence electrons. The van der Waals surface area contributed by atoms with Crippen molar-refractivity contribution in [3.05, 3.63) is 71.3 Å². The zero-order valence-electron chi connectivity index (χ0n) is 13.2. The Bertz CT molecular complexity index is 589. The number of carbonyl (C=O) groups excluding carboxylic acids is 1. The third-order valence-electron chi connectivity index (χ3n) is 4.04. The molecule has 0 heterocycles. The molecule has 0 N–H and O–H groups in total. The Balaban J connectivity index is 2.30. The first-order valence-corrected chi connectivity index (χ1v) is 7.41. The average Bonchev–Trinajstić information content (AvgIpc) is 2.48. The second-order valence-electron chi connectivity index (χ2n) is 5.60. The summed E-state index contributed by atoms with van der Waals surface area (Å²) in [7, 11) is 0. The van der Waals surface area contributed by atoms with Crippen LogP contribution in [0.2, 0.25) is 0 Å². The Hall–Kier alpha value is -2.09. The maximum atomic E-state index is 12.2. The van der Waals surface area contributed by atoms with Gasteiger partial charge >= 0.3 is 0 Å². The smallest absolute Gasteiger partial charge is 0.220 e. The first-order chi connectivity index (χ1) is 10.0. The highest BCUT2D eigenvalue weighted by molar-refractivity contribution is 5.74. The second-order valence-corrected chi connectivity index (χ2v) is 5.60. The van der Waals surface area contributed by atoms with Crippen molar-refractivity contribution in [2.24, 2.45) is 0 Å². The van der Waals surface area contributed by atoms with E-state index in [2.05, 4.69) is 57.2 Å². The van der Waals surface area contributed by atoms with Gasteiger partial charge in [-0.15, -0.1) is 0 Å². The monoisotopic (exact) mass is 281 g/mol. The van der Waals surface area contributed by atoms with Crippen LogP contribution < -0.4 is 0 Å². The van der Waals surface area contributed by atoms with Gasteiger partial charge < -0.3 is 4.90 Å². The van der Waals surface area contributed by atoms with Gasteiger partial charge in [-0.3, -0.25) is 4.79 Å². The molecule has 2 unspecified atom stereocenters. The topological polar surface area (TPSA) is 20.3 Å². The molecule has 2 heteroatoms. The van der Waals surface area contributed by atoms with Crippen LogP contribution in [0.5, 0.6) is 0 Å². The molecule has 2 aromatic rings. The Morgan fingerprint density at radius 1 is 0.857 bits per heavy atom. The molecule has 0 radical (unpaired) electrons. The maximum Gasteiger partial charge on any atom is 0.220 e. The molecule has 2 rings (SSSR count). The maximum absolute atomic E-state index is 12.2. The van der Waals surface area contributed by atoms with Crippen molar-refractivity contribution in [2.45, 2.75) is 39.8 Å². The summed E-state index contributed by atoms with van der Waals surface area (Å²) in [5.74, 6) is 0.0967. The Labute approximate surface area is 127 Å². The average molecular weight is 281 g/mol. The van der Waals surface area contributed by atoms with E-state index in [1.807, 2.05) is 23.1 Å². The lowest BCUT2D eigenvalue weighted by atomic mass is 10.0. The summed E-state index contributed by atoms with van der Waals surface area (Å²) in [6.45, 7) is 7.89. The normalized spacial score (nSPS) is 13.5. The zero-order chi connectivity index (χ0) is 15.4. The number of hydrogen-bond donors (Lipinski definition) is 0. The third-order valence-corrected chi connectivity index (χ3v) is 4.04. The fourth-order valence-corrected chi connectivity index (χ4v) is 2.78. The molecule has 0 saturated carbocycles. The zero-order valence-corrected chi connectivity index (χ0v) is 13.2. The molecule has 0 fully saturated rings. The first kappa shape index (κ1) is 15.3. The van der Waals surface area contributed by atoms with E-state index in [0.29, 0.717) is 0 Å². The van der Waals surface area contributed by atoms with Crippen LogP contribution in [0.4, 0.5) is 0 Å². The second kappa shape index (κ2) is 6.57. The summed E-state index contributed by atoms with van der Waals surface area (Å²) in [5.41, 5.74) is 3.56. The lowest BCUT2D eigenvalue weighted by Crippen LogP contribution is -2.34. The van der Waals surface area contributed by atoms with E-state index >= 15 is 0 Å². The molecule has 0 aromatic heterocycles. The molecule has 0 aliphatic rings. The molecule has 0 spiro atoms. The number of nitrogens with zero attached hydrogens (tertiary/aromatic N) is 1. The minimum absolute atomic E-state index is 0.0540. The van der Waals surface area contributed by atoms with E-state index in [-0.39, 0.29) is 18.0 Å². The highest BCUT2D eigenvalue weighted by atomic mass is 16.2. The van der Waals surface area contributed by atoms with E-state index in [9.17, 15) is 4.79 Å². The number of carbonyl (C=O) groups is 1. The van der Waals surface area contributed by atoms with Gasteiger partial charge in [0.25, 0.3) is 0 Å². The van der Waals surface area contributed by atoms with Gasteiger partial charge in [0.2, 0.25) is 5.91 Å². The van der Waals surface area contributed by atoms with Crippen molar-refractivity contribution < 1.29 is 4.79 Å². The fraction of sp³-hybridized carbons (Fsp3) is 0.316. The van der Waals surface area contributed by atoms with Gasteiger partial charge in [-0.2, -0.15) is 0 Å². The minimum atomic E-state index is 0.0540. The Morgan fingerprint density at radius 2 is 1.33 bits per heavy atom. The number of aryl methyl sites for hydroxylation is 1. The van der Waals surface area contributed by atoms with Crippen LogP contribution >= 0.6 is 0 Å². The van der Waals surface area contributed by atoms with E-state index in [4.69, 9.17) is 0 Å². The summed E-state index contributed by atoms with van der Waals surface area (Å²) >= 11 is 0. The highest BCUT2D eigenvalue weighted by Crippen LogP contribution is 2.30. The lowest BCUT2D eigenvalue weighted by Gasteiger charge is -2.34. The number of amides is 1. The van der Waals surface area contributed by atoms with E-state index in [0.717, 1.165) is 5.56 Å². The van der Waals surface area contributed by atoms with Gasteiger partial charge in [0, 0.05) is 6.92 Å². The van der Waals surface area contributed by atoms with Gasteiger partial charge in [-0.25, -0.2) is 0 Å². The molecule has 2 nitrogen and oxygen atoms in total. The van der Waals surface area contributed by atoms with Crippen LogP contribution in [0.3, 0.4) is 0 Å². The Kier molecular flexibility index (Phi) is 4.79. The van der Waals surface area contributed by atoms with Crippen molar-refractivity contribution in [1.29, 1.82) is 0 Å². The third kappa shape index (κ3) is 3.52. The molecule has 1 amide bonds. The van der Waals surface area contributed by atoms with Gasteiger partial charge in [0.15, 0.2) is 0 Å². The first-order valence-electron chi connectivity index (χ1n) is 7.41. The van der Waals surface area contributed by atoms with Crippen molar-refractivity contribution in [1.82, 2.24) is 4.90 Å². The van der Waals surface area contributed by atoms with E-state index in [1.165, 1.54) is 11.1 Å². The molecular formula is C19H23NO. The molecular weight excluding hydrogens is 258 g/mol. The highest BCUT2D eigenvalue weighted by Gasteiger charge is 2.24. The van der Waals surface area contributed by atoms with Gasteiger partial charge in [0.05, 0.1) is 12.1 Å².